The van der Waals surface area contributed by atoms with Crippen LogP contribution in [0.15, 0.2) is 90.6 Å². The van der Waals surface area contributed by atoms with Crippen LogP contribution in [0.5, 0.6) is 0 Å². The second kappa shape index (κ2) is 9.79. The van der Waals surface area contributed by atoms with Gasteiger partial charge in [0.2, 0.25) is 5.62 Å². The zero-order chi connectivity index (χ0) is 31.1. The van der Waals surface area contributed by atoms with E-state index in [1.165, 1.54) is 29.0 Å². The molecular weight excluding hydrogens is 450 g/mol. The van der Waals surface area contributed by atoms with Gasteiger partial charge < -0.3 is 14.9 Å². The number of carbonyl (C=O) groups is 1. The smallest absolute Gasteiger partial charge is 0.255 e. The summed E-state index contributed by atoms with van der Waals surface area (Å²) < 4.78 is 58.1. The van der Waals surface area contributed by atoms with E-state index in [1.54, 1.807) is 43.5 Å². The molecule has 36 heavy (non-hydrogen) atoms. The monoisotopic (exact) mass is 482 g/mol. The van der Waals surface area contributed by atoms with E-state index in [1.807, 2.05) is 6.92 Å². The first-order valence-corrected chi connectivity index (χ1v) is 10.9. The summed E-state index contributed by atoms with van der Waals surface area (Å²) in [4.78, 5) is 32.6. The fraction of sp³-hybridized carbons (Fsp3) is 0.107. The Kier molecular flexibility index (Phi) is 4.34. The lowest BCUT2D eigenvalue weighted by atomic mass is 10.1. The zero-order valence-corrected chi connectivity index (χ0v) is 19.4. The minimum absolute atomic E-state index is 0.0609. The van der Waals surface area contributed by atoms with Gasteiger partial charge in [0.15, 0.2) is 0 Å². The average molecular weight is 483 g/mol. The molecule has 8 heteroatoms. The summed E-state index contributed by atoms with van der Waals surface area (Å²) in [5.74, 6) is -0.556. The molecule has 0 fully saturated rings. The normalized spacial score (nSPS) is 14.6. The van der Waals surface area contributed by atoms with E-state index in [0.717, 1.165) is 5.56 Å². The number of benzene rings is 2. The first-order chi connectivity index (χ1) is 20.3. The number of hydrogen-bond donors (Lipinski definition) is 2. The van der Waals surface area contributed by atoms with E-state index in [-0.39, 0.29) is 52.8 Å². The maximum Gasteiger partial charge on any atom is 0.255 e. The molecule has 1 amide bonds. The number of anilines is 1. The van der Waals surface area contributed by atoms with E-state index in [9.17, 15) is 4.79 Å². The molecule has 0 radical (unpaired) electrons. The van der Waals surface area contributed by atoms with Crippen LogP contribution in [-0.2, 0) is 0 Å². The predicted molar refractivity (Wildman–Crippen MR) is 139 cm³/mol. The van der Waals surface area contributed by atoms with Crippen LogP contribution in [0.25, 0.3) is 16.9 Å². The Morgan fingerprint density at radius 2 is 2.08 bits per heavy atom. The van der Waals surface area contributed by atoms with Crippen LogP contribution < -0.4 is 10.9 Å². The fourth-order valence-corrected chi connectivity index (χ4v) is 3.52. The van der Waals surface area contributed by atoms with Crippen LogP contribution in [0.1, 0.15) is 36.8 Å². The number of aromatic amines is 1. The largest absolute Gasteiger partial charge is 0.323 e. The van der Waals surface area contributed by atoms with Crippen molar-refractivity contribution in [3.8, 4) is 16.9 Å². The van der Waals surface area contributed by atoms with Gasteiger partial charge in [0.25, 0.3) is 5.91 Å². The Balaban J connectivity index is 1.55. The van der Waals surface area contributed by atoms with Crippen LogP contribution in [-0.4, -0.2) is 30.4 Å². The summed E-state index contributed by atoms with van der Waals surface area (Å²) in [6.45, 7) is 0.875. The molecule has 0 atom stereocenters. The van der Waals surface area contributed by atoms with E-state index in [4.69, 9.17) is 9.60 Å². The van der Waals surface area contributed by atoms with Crippen LogP contribution in [0.3, 0.4) is 0 Å². The number of aryl methyl sites for hydroxylation is 3. The highest BCUT2D eigenvalue weighted by molar-refractivity contribution is 6.05. The summed E-state index contributed by atoms with van der Waals surface area (Å²) in [7, 11) is 0. The molecule has 5 aromatic rings. The summed E-state index contributed by atoms with van der Waals surface area (Å²) in [6.07, 6.45) is 2.65. The van der Waals surface area contributed by atoms with Gasteiger partial charge in [-0.2, -0.15) is 0 Å². The van der Waals surface area contributed by atoms with Crippen LogP contribution >= 0.6 is 0 Å². The molecule has 0 unspecified atom stereocenters. The van der Waals surface area contributed by atoms with Crippen molar-refractivity contribution in [1.29, 1.82) is 0 Å². The van der Waals surface area contributed by atoms with Gasteiger partial charge in [-0.15, -0.1) is 0 Å². The van der Waals surface area contributed by atoms with Crippen LogP contribution in [0.4, 0.5) is 11.4 Å². The third-order valence-corrected chi connectivity index (χ3v) is 5.19. The summed E-state index contributed by atoms with van der Waals surface area (Å²) in [6, 6.07) is 12.3. The van der Waals surface area contributed by atoms with E-state index >= 15 is 0 Å². The van der Waals surface area contributed by atoms with Crippen molar-refractivity contribution < 1.29 is 14.4 Å². The minimum atomic E-state index is -2.57. The second-order valence-corrected chi connectivity index (χ2v) is 8.01. The molecule has 0 spiro atoms. The summed E-state index contributed by atoms with van der Waals surface area (Å²) in [5.41, 5.74) is 2.56. The molecule has 3 aromatic heterocycles. The predicted octanol–water partition coefficient (Wildman–Crippen LogP) is 5.07. The molecule has 0 saturated heterocycles. The quantitative estimate of drug-likeness (QED) is 0.365. The molecule has 2 N–H and O–H groups in total. The molecule has 0 bridgehead atoms. The fourth-order valence-electron chi connectivity index (χ4n) is 3.52. The highest BCUT2D eigenvalue weighted by Gasteiger charge is 2.10. The lowest BCUT2D eigenvalue weighted by Gasteiger charge is -2.11. The van der Waals surface area contributed by atoms with E-state index in [2.05, 4.69) is 30.2 Å². The Morgan fingerprint density at radius 3 is 2.86 bits per heavy atom. The number of H-pyrrole nitrogens is 1. The van der Waals surface area contributed by atoms with Crippen molar-refractivity contribution in [2.24, 2.45) is 4.99 Å². The summed E-state index contributed by atoms with van der Waals surface area (Å²) in [5, 5.41) is 2.79. The minimum Gasteiger partial charge on any atom is -0.323 e. The maximum absolute atomic E-state index is 13.3. The summed E-state index contributed by atoms with van der Waals surface area (Å²) >= 11 is 0. The van der Waals surface area contributed by atoms with E-state index in [0.29, 0.717) is 22.6 Å². The van der Waals surface area contributed by atoms with Crippen LogP contribution in [0.2, 0.25) is 0 Å². The van der Waals surface area contributed by atoms with Gasteiger partial charge in [-0.3, -0.25) is 9.78 Å². The number of nitrogens with one attached hydrogen (secondary N) is 2. The molecule has 2 aromatic carbocycles. The maximum atomic E-state index is 13.3. The Labute approximate surface area is 218 Å². The van der Waals surface area contributed by atoms with Gasteiger partial charge in [-0.1, -0.05) is 6.07 Å². The molecule has 0 aliphatic rings. The number of carbonyl (C=O) groups excluding carboxylic acids is 1. The number of pyridine rings is 1. The van der Waals surface area contributed by atoms with Crippen molar-refractivity contribution in [3.05, 3.63) is 114 Å². The van der Waals surface area contributed by atoms with E-state index < -0.39 is 12.8 Å². The number of rotatable bonds is 5. The number of amides is 1. The molecule has 3 heterocycles. The number of imidazole rings is 1. The molecule has 0 saturated carbocycles. The van der Waals surface area contributed by atoms with Gasteiger partial charge in [0.1, 0.15) is 1.37 Å². The number of hydrogen-bond acceptors (Lipinski definition) is 5. The number of aromatic nitrogens is 5. The van der Waals surface area contributed by atoms with Crippen molar-refractivity contribution in [2.75, 3.05) is 5.32 Å². The lowest BCUT2D eigenvalue weighted by Crippen LogP contribution is -2.14. The van der Waals surface area contributed by atoms with Gasteiger partial charge in [-0.25, -0.2) is 15.0 Å². The molecule has 178 valence electrons. The van der Waals surface area contributed by atoms with Crippen molar-refractivity contribution in [1.82, 2.24) is 24.5 Å². The third kappa shape index (κ3) is 5.12. The topological polar surface area (TPSA) is 101 Å². The van der Waals surface area contributed by atoms with Gasteiger partial charge in [0, 0.05) is 51.4 Å². The Morgan fingerprint density at radius 1 is 1.17 bits per heavy atom. The van der Waals surface area contributed by atoms with Gasteiger partial charge in [0.05, 0.1) is 27.5 Å². The third-order valence-electron chi connectivity index (χ3n) is 5.19. The first kappa shape index (κ1) is 15.9. The molecule has 5 rings (SSSR count). The number of nitrogens with zero attached hydrogens (tertiary/aromatic N) is 5. The zero-order valence-electron chi connectivity index (χ0n) is 26.4. The highest BCUT2D eigenvalue weighted by Crippen LogP contribution is 2.23. The SMILES string of the molecule is [2H]c1nc(=Nc2cc(C(=O)Nc3cc(C)cc(-n4c([2H])nc(C)c4[2H])c3)ccc2C([2H])([2H])[2H])[nH]c(-c2cccnc2)c1[2H]. The average Bonchev–Trinajstić information content (AvgIpc) is 3.20. The Hall–Kier alpha value is -4.85. The first-order valence-electron chi connectivity index (χ1n) is 14.4. The van der Waals surface area contributed by atoms with Crippen LogP contribution in [0, 0.1) is 20.7 Å². The lowest BCUT2D eigenvalue weighted by molar-refractivity contribution is 0.102. The van der Waals surface area contributed by atoms with Crippen molar-refractivity contribution in [3.63, 3.8) is 0 Å². The van der Waals surface area contributed by atoms with Crippen molar-refractivity contribution in [2.45, 2.75) is 20.7 Å². The molecular formula is C28H25N7O. The highest BCUT2D eigenvalue weighted by atomic mass is 16.1. The molecule has 8 nitrogen and oxygen atoms in total. The molecule has 0 aliphatic carbocycles. The molecule has 0 aliphatic heterocycles. The standard InChI is InChI=1S/C28H25N7O/c1-18-11-23(14-24(12-18)35-16-20(3)31-17-35)32-27(36)21-7-6-19(2)26(13-21)34-28-30-10-8-25(33-28)22-5-4-9-29-15-22/h4-17H,1-3H3,(H,32,36)(H,30,33,34)/i2D3,8D,10D,16D,17D. The van der Waals surface area contributed by atoms with Gasteiger partial charge in [-0.05, 0) is 80.3 Å². The second-order valence-electron chi connectivity index (χ2n) is 8.01. The van der Waals surface area contributed by atoms with Gasteiger partial charge >= 0.3 is 0 Å². The van der Waals surface area contributed by atoms with Crippen molar-refractivity contribution >= 4 is 17.3 Å². The Bertz CT molecular complexity index is 1930.